The molecule has 5 heteroatoms. The summed E-state index contributed by atoms with van der Waals surface area (Å²) in [6, 6.07) is 30.0. The Morgan fingerprint density at radius 2 is 1.41 bits per heavy atom. The maximum absolute atomic E-state index is 10.1. The number of nitrogens with one attached hydrogen (secondary N) is 1. The first-order chi connectivity index (χ1) is 15.8. The second kappa shape index (κ2) is 9.04. The van der Waals surface area contributed by atoms with Gasteiger partial charge in [-0.2, -0.15) is 0 Å². The smallest absolute Gasteiger partial charge is 0.232 e. The predicted octanol–water partition coefficient (Wildman–Crippen LogP) is 5.57. The summed E-state index contributed by atoms with van der Waals surface area (Å²) in [4.78, 5) is 8.95. The molecule has 0 spiro atoms. The maximum Gasteiger partial charge on any atom is 0.232 e. The molecule has 0 aliphatic rings. The maximum atomic E-state index is 10.1. The van der Waals surface area contributed by atoms with E-state index in [1.54, 1.807) is 0 Å². The summed E-state index contributed by atoms with van der Waals surface area (Å²) in [5.41, 5.74) is 4.58. The summed E-state index contributed by atoms with van der Waals surface area (Å²) >= 11 is 0. The molecule has 0 radical (unpaired) electrons. The van der Waals surface area contributed by atoms with Gasteiger partial charge in [-0.15, -0.1) is 0 Å². The number of anilines is 1. The van der Waals surface area contributed by atoms with Gasteiger partial charge >= 0.3 is 0 Å². The van der Waals surface area contributed by atoms with Crippen LogP contribution in [0.4, 0.5) is 5.82 Å². The van der Waals surface area contributed by atoms with Gasteiger partial charge in [0.1, 0.15) is 17.9 Å². The number of rotatable bonds is 7. The molecule has 0 unspecified atom stereocenters. The Morgan fingerprint density at radius 1 is 0.781 bits per heavy atom. The second-order valence-corrected chi connectivity index (χ2v) is 7.65. The fourth-order valence-electron chi connectivity index (χ4n) is 3.97. The molecule has 0 fully saturated rings. The molecule has 158 valence electrons. The number of furan rings is 1. The van der Waals surface area contributed by atoms with Gasteiger partial charge in [-0.05, 0) is 17.5 Å². The molecular formula is C27H23N3O2. The van der Waals surface area contributed by atoms with Crippen molar-refractivity contribution >= 4 is 16.9 Å². The van der Waals surface area contributed by atoms with Crippen LogP contribution in [-0.2, 0) is 6.42 Å². The minimum absolute atomic E-state index is 0.0234. The standard InChI is InChI=1S/C27H23N3O2/c31-17-22(16-19-10-4-1-5-11-19)30-26-24-23(20-12-6-2-7-13-20)25(21-14-8-3-9-15-21)32-27(24)29-18-28-26/h1-15,18,22,31H,16-17H2,(H,28,29,30)/t22-/m0/s1. The quantitative estimate of drug-likeness (QED) is 0.359. The molecule has 32 heavy (non-hydrogen) atoms. The van der Waals surface area contributed by atoms with Crippen LogP contribution in [-0.4, -0.2) is 27.7 Å². The topological polar surface area (TPSA) is 71.2 Å². The molecule has 3 aromatic carbocycles. The molecule has 2 N–H and O–H groups in total. The summed E-state index contributed by atoms with van der Waals surface area (Å²) in [6.45, 7) is -0.0234. The van der Waals surface area contributed by atoms with E-state index in [2.05, 4.69) is 39.6 Å². The minimum Gasteiger partial charge on any atom is -0.437 e. The number of fused-ring (bicyclic) bond motifs is 1. The van der Waals surface area contributed by atoms with Crippen molar-refractivity contribution in [2.75, 3.05) is 11.9 Å². The average Bonchev–Trinajstić information content (AvgIpc) is 3.26. The number of aromatic nitrogens is 2. The van der Waals surface area contributed by atoms with E-state index in [1.165, 1.54) is 6.33 Å². The lowest BCUT2D eigenvalue weighted by molar-refractivity contribution is 0.273. The van der Waals surface area contributed by atoms with E-state index in [0.29, 0.717) is 18.0 Å². The fourth-order valence-corrected chi connectivity index (χ4v) is 3.97. The van der Waals surface area contributed by atoms with Crippen LogP contribution in [0.15, 0.2) is 102 Å². The Morgan fingerprint density at radius 3 is 2.06 bits per heavy atom. The number of benzene rings is 3. The molecule has 0 saturated heterocycles. The molecule has 0 saturated carbocycles. The highest BCUT2D eigenvalue weighted by Gasteiger charge is 2.23. The van der Waals surface area contributed by atoms with Gasteiger partial charge in [0.2, 0.25) is 5.71 Å². The van der Waals surface area contributed by atoms with Crippen molar-refractivity contribution in [1.29, 1.82) is 0 Å². The van der Waals surface area contributed by atoms with Crippen LogP contribution in [0.25, 0.3) is 33.6 Å². The van der Waals surface area contributed by atoms with Crippen molar-refractivity contribution in [3.8, 4) is 22.5 Å². The Bertz CT molecular complexity index is 1300. The van der Waals surface area contributed by atoms with Crippen LogP contribution in [0, 0.1) is 0 Å². The lowest BCUT2D eigenvalue weighted by atomic mass is 9.99. The highest BCUT2D eigenvalue weighted by Crippen LogP contribution is 2.42. The van der Waals surface area contributed by atoms with Crippen LogP contribution in [0.2, 0.25) is 0 Å². The van der Waals surface area contributed by atoms with Crippen molar-refractivity contribution in [1.82, 2.24) is 9.97 Å². The Hall–Kier alpha value is -3.96. The van der Waals surface area contributed by atoms with Gasteiger partial charge in [0, 0.05) is 11.1 Å². The highest BCUT2D eigenvalue weighted by atomic mass is 16.3. The lowest BCUT2D eigenvalue weighted by Gasteiger charge is -2.17. The molecular weight excluding hydrogens is 398 g/mol. The summed E-state index contributed by atoms with van der Waals surface area (Å²) in [5.74, 6) is 1.40. The fraction of sp³-hybridized carbons (Fsp3) is 0.111. The number of nitrogens with zero attached hydrogens (tertiary/aromatic N) is 2. The normalized spacial score (nSPS) is 12.0. The van der Waals surface area contributed by atoms with E-state index in [1.807, 2.05) is 66.7 Å². The zero-order valence-corrected chi connectivity index (χ0v) is 17.5. The summed E-state index contributed by atoms with van der Waals surface area (Å²) in [5, 5.41) is 14.3. The van der Waals surface area contributed by atoms with E-state index in [-0.39, 0.29) is 12.6 Å². The molecule has 2 heterocycles. The van der Waals surface area contributed by atoms with Crippen molar-refractivity contribution in [2.24, 2.45) is 0 Å². The third-order valence-corrected chi connectivity index (χ3v) is 5.47. The molecule has 5 nitrogen and oxygen atoms in total. The largest absolute Gasteiger partial charge is 0.437 e. The van der Waals surface area contributed by atoms with Gasteiger partial charge in [-0.3, -0.25) is 0 Å². The van der Waals surface area contributed by atoms with E-state index in [0.717, 1.165) is 33.4 Å². The van der Waals surface area contributed by atoms with Crippen LogP contribution in [0.5, 0.6) is 0 Å². The van der Waals surface area contributed by atoms with Crippen molar-refractivity contribution in [2.45, 2.75) is 12.5 Å². The molecule has 2 aromatic heterocycles. The van der Waals surface area contributed by atoms with Crippen molar-refractivity contribution < 1.29 is 9.52 Å². The van der Waals surface area contributed by atoms with Gasteiger partial charge < -0.3 is 14.8 Å². The Labute approximate surface area is 186 Å². The van der Waals surface area contributed by atoms with E-state index < -0.39 is 0 Å². The molecule has 0 amide bonds. The third-order valence-electron chi connectivity index (χ3n) is 5.47. The first-order valence-corrected chi connectivity index (χ1v) is 10.6. The number of aliphatic hydroxyl groups is 1. The van der Waals surface area contributed by atoms with Gasteiger partial charge in [-0.25, -0.2) is 9.97 Å². The summed E-state index contributed by atoms with van der Waals surface area (Å²) < 4.78 is 6.26. The SMILES string of the molecule is OC[C@H](Cc1ccccc1)Nc1ncnc2oc(-c3ccccc3)c(-c3ccccc3)c12. The molecule has 5 rings (SSSR count). The van der Waals surface area contributed by atoms with Gasteiger partial charge in [0.25, 0.3) is 0 Å². The molecule has 0 aliphatic heterocycles. The zero-order chi connectivity index (χ0) is 21.8. The molecule has 5 aromatic rings. The van der Waals surface area contributed by atoms with E-state index in [4.69, 9.17) is 4.42 Å². The van der Waals surface area contributed by atoms with E-state index >= 15 is 0 Å². The van der Waals surface area contributed by atoms with E-state index in [9.17, 15) is 5.11 Å². The van der Waals surface area contributed by atoms with Crippen LogP contribution in [0.1, 0.15) is 5.56 Å². The number of aliphatic hydroxyl groups excluding tert-OH is 1. The Kier molecular flexibility index (Phi) is 5.64. The summed E-state index contributed by atoms with van der Waals surface area (Å²) in [7, 11) is 0. The third kappa shape index (κ3) is 3.98. The lowest BCUT2D eigenvalue weighted by Crippen LogP contribution is -2.27. The Balaban J connectivity index is 1.63. The van der Waals surface area contributed by atoms with Gasteiger partial charge in [0.15, 0.2) is 0 Å². The van der Waals surface area contributed by atoms with Crippen molar-refractivity contribution in [3.63, 3.8) is 0 Å². The predicted molar refractivity (Wildman–Crippen MR) is 127 cm³/mol. The number of hydrogen-bond donors (Lipinski definition) is 2. The van der Waals surface area contributed by atoms with Crippen LogP contribution >= 0.6 is 0 Å². The average molecular weight is 422 g/mol. The van der Waals surface area contributed by atoms with Gasteiger partial charge in [-0.1, -0.05) is 91.0 Å². The van der Waals surface area contributed by atoms with Gasteiger partial charge in [0.05, 0.1) is 18.0 Å². The first-order valence-electron chi connectivity index (χ1n) is 10.6. The molecule has 0 bridgehead atoms. The molecule has 1 atom stereocenters. The number of hydrogen-bond acceptors (Lipinski definition) is 5. The second-order valence-electron chi connectivity index (χ2n) is 7.65. The molecule has 0 aliphatic carbocycles. The summed E-state index contributed by atoms with van der Waals surface area (Å²) in [6.07, 6.45) is 2.17. The zero-order valence-electron chi connectivity index (χ0n) is 17.5. The van der Waals surface area contributed by atoms with Crippen LogP contribution in [0.3, 0.4) is 0 Å². The monoisotopic (exact) mass is 421 g/mol. The van der Waals surface area contributed by atoms with Crippen molar-refractivity contribution in [3.05, 3.63) is 103 Å². The first kappa shape index (κ1) is 20.0. The highest BCUT2D eigenvalue weighted by molar-refractivity contribution is 6.05. The minimum atomic E-state index is -0.200. The van der Waals surface area contributed by atoms with Crippen LogP contribution < -0.4 is 5.32 Å².